The Morgan fingerprint density at radius 1 is 1.03 bits per heavy atom. The molecule has 0 unspecified atom stereocenters. The summed E-state index contributed by atoms with van der Waals surface area (Å²) in [5, 5.41) is 5.75. The van der Waals surface area contributed by atoms with Crippen molar-refractivity contribution < 1.29 is 19.1 Å². The fourth-order valence-corrected chi connectivity index (χ4v) is 2.94. The van der Waals surface area contributed by atoms with Gasteiger partial charge in [-0.25, -0.2) is 10.2 Å². The van der Waals surface area contributed by atoms with Crippen LogP contribution in [-0.2, 0) is 0 Å². The topological polar surface area (TPSA) is 77.0 Å². The van der Waals surface area contributed by atoms with Gasteiger partial charge in [-0.05, 0) is 72.0 Å². The van der Waals surface area contributed by atoms with E-state index in [9.17, 15) is 9.59 Å². The summed E-state index contributed by atoms with van der Waals surface area (Å²) in [7, 11) is 0. The third-order valence-corrected chi connectivity index (χ3v) is 4.65. The van der Waals surface area contributed by atoms with Crippen molar-refractivity contribution in [2.75, 3.05) is 6.61 Å². The Morgan fingerprint density at radius 3 is 2.41 bits per heavy atom. The molecule has 0 aliphatic carbocycles. The highest BCUT2D eigenvalue weighted by Crippen LogP contribution is 2.16. The van der Waals surface area contributed by atoms with Crippen molar-refractivity contribution in [3.05, 3.63) is 82.0 Å². The lowest BCUT2D eigenvalue weighted by Crippen LogP contribution is -2.16. The number of rotatable bonds is 8. The van der Waals surface area contributed by atoms with E-state index in [0.29, 0.717) is 22.8 Å². The Labute approximate surface area is 172 Å². The Balaban J connectivity index is 1.52. The highest BCUT2D eigenvalue weighted by Gasteiger charge is 2.09. The minimum Gasteiger partial charge on any atom is -0.494 e. The van der Waals surface area contributed by atoms with Gasteiger partial charge < -0.3 is 9.47 Å². The van der Waals surface area contributed by atoms with Crippen LogP contribution in [0.5, 0.6) is 11.5 Å². The maximum atomic E-state index is 12.2. The quantitative estimate of drug-likeness (QED) is 0.257. The maximum absolute atomic E-state index is 12.2. The molecule has 29 heavy (non-hydrogen) atoms. The molecule has 6 nitrogen and oxygen atoms in total. The zero-order valence-electron chi connectivity index (χ0n) is 15.8. The highest BCUT2D eigenvalue weighted by molar-refractivity contribution is 7.12. The van der Waals surface area contributed by atoms with Crippen LogP contribution in [0.3, 0.4) is 0 Å². The number of nitrogens with zero attached hydrogens (tertiary/aromatic N) is 1. The number of hydrogen-bond acceptors (Lipinski definition) is 6. The molecule has 0 aliphatic rings. The molecule has 0 fully saturated rings. The first-order chi connectivity index (χ1) is 14.2. The van der Waals surface area contributed by atoms with Crippen LogP contribution in [0, 0.1) is 0 Å². The molecule has 1 aromatic heterocycles. The second kappa shape index (κ2) is 10.2. The summed E-state index contributed by atoms with van der Waals surface area (Å²) in [6.45, 7) is 2.67. The van der Waals surface area contributed by atoms with Crippen LogP contribution in [0.1, 0.15) is 38.9 Å². The molecule has 1 heterocycles. The molecule has 2 aromatic carbocycles. The largest absolute Gasteiger partial charge is 0.494 e. The lowest BCUT2D eigenvalue weighted by molar-refractivity contribution is 0.0734. The number of carbonyl (C=O) groups excluding carboxylic acids is 2. The molecular formula is C22H20N2O4S. The van der Waals surface area contributed by atoms with Crippen molar-refractivity contribution in [2.45, 2.75) is 13.3 Å². The first-order valence-electron chi connectivity index (χ1n) is 9.07. The Morgan fingerprint density at radius 2 is 1.76 bits per heavy atom. The van der Waals surface area contributed by atoms with Gasteiger partial charge >= 0.3 is 5.97 Å². The zero-order chi connectivity index (χ0) is 20.5. The van der Waals surface area contributed by atoms with Crippen molar-refractivity contribution in [3.63, 3.8) is 0 Å². The SMILES string of the molecule is CCCOc1ccc(C(=O)Oc2ccc(/C=N\NC(=O)c3cccs3)cc2)cc1. The van der Waals surface area contributed by atoms with E-state index in [-0.39, 0.29) is 5.91 Å². The van der Waals surface area contributed by atoms with E-state index in [2.05, 4.69) is 10.5 Å². The molecule has 0 aliphatic heterocycles. The van der Waals surface area contributed by atoms with Crippen LogP contribution in [0.4, 0.5) is 0 Å². The molecule has 3 aromatic rings. The Kier molecular flexibility index (Phi) is 7.13. The van der Waals surface area contributed by atoms with E-state index >= 15 is 0 Å². The van der Waals surface area contributed by atoms with E-state index in [4.69, 9.17) is 9.47 Å². The summed E-state index contributed by atoms with van der Waals surface area (Å²) in [5.74, 6) is 0.434. The molecule has 7 heteroatoms. The van der Waals surface area contributed by atoms with Gasteiger partial charge in [0.25, 0.3) is 5.91 Å². The zero-order valence-corrected chi connectivity index (χ0v) is 16.6. The van der Waals surface area contributed by atoms with Gasteiger partial charge in [-0.3, -0.25) is 4.79 Å². The smallest absolute Gasteiger partial charge is 0.343 e. The van der Waals surface area contributed by atoms with Gasteiger partial charge in [0.05, 0.1) is 23.3 Å². The normalized spacial score (nSPS) is 10.7. The van der Waals surface area contributed by atoms with Gasteiger partial charge in [-0.1, -0.05) is 13.0 Å². The third-order valence-electron chi connectivity index (χ3n) is 3.78. The second-order valence-electron chi connectivity index (χ2n) is 6.01. The standard InChI is InChI=1S/C22H20N2O4S/c1-2-13-27-18-11-7-17(8-12-18)22(26)28-19-9-5-16(6-10-19)15-23-24-21(25)20-4-3-14-29-20/h3-12,14-15H,2,13H2,1H3,(H,24,25)/b23-15-. The first kappa shape index (κ1) is 20.3. The van der Waals surface area contributed by atoms with E-state index in [1.54, 1.807) is 60.7 Å². The molecular weight excluding hydrogens is 388 g/mol. The predicted molar refractivity (Wildman–Crippen MR) is 113 cm³/mol. The summed E-state index contributed by atoms with van der Waals surface area (Å²) in [5.41, 5.74) is 3.66. The average Bonchev–Trinajstić information content (AvgIpc) is 3.29. The summed E-state index contributed by atoms with van der Waals surface area (Å²) in [6.07, 6.45) is 2.44. The minimum absolute atomic E-state index is 0.257. The number of esters is 1. The van der Waals surface area contributed by atoms with Gasteiger partial charge in [0, 0.05) is 0 Å². The minimum atomic E-state index is -0.448. The molecule has 0 bridgehead atoms. The van der Waals surface area contributed by atoms with Crippen LogP contribution in [0.25, 0.3) is 0 Å². The highest BCUT2D eigenvalue weighted by atomic mass is 32.1. The molecule has 1 N–H and O–H groups in total. The number of hydrogen-bond donors (Lipinski definition) is 1. The second-order valence-corrected chi connectivity index (χ2v) is 6.96. The van der Waals surface area contributed by atoms with Crippen molar-refractivity contribution in [1.82, 2.24) is 5.43 Å². The third kappa shape index (κ3) is 6.02. The van der Waals surface area contributed by atoms with Crippen molar-refractivity contribution in [3.8, 4) is 11.5 Å². The van der Waals surface area contributed by atoms with E-state index in [0.717, 1.165) is 17.7 Å². The van der Waals surface area contributed by atoms with E-state index in [1.165, 1.54) is 17.6 Å². The summed E-state index contributed by atoms with van der Waals surface area (Å²) >= 11 is 1.35. The van der Waals surface area contributed by atoms with Crippen LogP contribution in [0.15, 0.2) is 71.1 Å². The summed E-state index contributed by atoms with van der Waals surface area (Å²) in [6, 6.07) is 17.2. The molecule has 0 radical (unpaired) electrons. The Hall–Kier alpha value is -3.45. The van der Waals surface area contributed by atoms with Crippen LogP contribution >= 0.6 is 11.3 Å². The molecule has 0 saturated heterocycles. The van der Waals surface area contributed by atoms with Crippen LogP contribution < -0.4 is 14.9 Å². The number of amides is 1. The van der Waals surface area contributed by atoms with Crippen molar-refractivity contribution in [2.24, 2.45) is 5.10 Å². The fraction of sp³-hybridized carbons (Fsp3) is 0.136. The number of nitrogens with one attached hydrogen (secondary N) is 1. The van der Waals surface area contributed by atoms with Crippen LogP contribution in [-0.4, -0.2) is 24.7 Å². The van der Waals surface area contributed by atoms with Crippen molar-refractivity contribution in [1.29, 1.82) is 0 Å². The van der Waals surface area contributed by atoms with Crippen LogP contribution in [0.2, 0.25) is 0 Å². The summed E-state index contributed by atoms with van der Waals surface area (Å²) in [4.78, 5) is 24.6. The molecule has 1 amide bonds. The monoisotopic (exact) mass is 408 g/mol. The van der Waals surface area contributed by atoms with Gasteiger partial charge in [0.2, 0.25) is 0 Å². The molecule has 3 rings (SSSR count). The maximum Gasteiger partial charge on any atom is 0.343 e. The predicted octanol–water partition coefficient (Wildman–Crippen LogP) is 4.52. The van der Waals surface area contributed by atoms with Gasteiger partial charge in [0.15, 0.2) is 0 Å². The molecule has 148 valence electrons. The average molecular weight is 408 g/mol. The number of benzene rings is 2. The first-order valence-corrected chi connectivity index (χ1v) is 9.95. The lowest BCUT2D eigenvalue weighted by atomic mass is 10.2. The van der Waals surface area contributed by atoms with Gasteiger partial charge in [-0.2, -0.15) is 5.10 Å². The van der Waals surface area contributed by atoms with E-state index in [1.807, 2.05) is 12.3 Å². The molecule has 0 atom stereocenters. The Bertz CT molecular complexity index is 965. The van der Waals surface area contributed by atoms with Gasteiger partial charge in [0.1, 0.15) is 11.5 Å². The van der Waals surface area contributed by atoms with Crippen molar-refractivity contribution >= 4 is 29.4 Å². The number of hydrazone groups is 1. The summed E-state index contributed by atoms with van der Waals surface area (Å²) < 4.78 is 10.9. The lowest BCUT2D eigenvalue weighted by Gasteiger charge is -2.07. The molecule has 0 saturated carbocycles. The fourth-order valence-electron chi connectivity index (χ4n) is 2.32. The number of carbonyl (C=O) groups is 2. The number of thiophene rings is 1. The van der Waals surface area contributed by atoms with E-state index < -0.39 is 5.97 Å². The molecule has 0 spiro atoms. The number of ether oxygens (including phenoxy) is 2. The van der Waals surface area contributed by atoms with Gasteiger partial charge in [-0.15, -0.1) is 11.3 Å².